The number of hydrogen-bond donors (Lipinski definition) is 4. The number of aromatic amines is 4. The number of unbranched alkanes of at least 4 members (excludes halogenated alkanes) is 27. The number of ether oxygens (including phenoxy) is 8. The van der Waals surface area contributed by atoms with Gasteiger partial charge in [0.05, 0.1) is 46.2 Å². The molecule has 12 heteroatoms. The van der Waals surface area contributed by atoms with Gasteiger partial charge in [0.25, 0.3) is 0 Å². The number of benzene rings is 4. The first-order chi connectivity index (χ1) is 53.3. The summed E-state index contributed by atoms with van der Waals surface area (Å²) in [6.45, 7) is 23.4. The molecule has 4 aromatic heterocycles. The van der Waals surface area contributed by atoms with Gasteiger partial charge in [-0.25, -0.2) is 0 Å². The van der Waals surface area contributed by atoms with Crippen molar-refractivity contribution in [3.8, 4) is 40.2 Å². The van der Waals surface area contributed by atoms with Crippen LogP contribution in [0.3, 0.4) is 0 Å². The van der Waals surface area contributed by atoms with Gasteiger partial charge in [-0.15, -0.1) is 6.58 Å². The van der Waals surface area contributed by atoms with Gasteiger partial charge < -0.3 is 57.8 Å². The molecule has 586 valence electrons. The molecule has 9 rings (SSSR count). The first-order valence-electron chi connectivity index (χ1n) is 42.7. The predicted molar refractivity (Wildman–Crippen MR) is 449 cm³/mol. The fourth-order valence-electron chi connectivity index (χ4n) is 14.4. The van der Waals surface area contributed by atoms with Crippen molar-refractivity contribution in [3.05, 3.63) is 206 Å². The molecule has 0 radical (unpaired) electrons. The molecule has 0 saturated carbocycles. The van der Waals surface area contributed by atoms with E-state index in [1.165, 1.54) is 89.9 Å². The highest BCUT2D eigenvalue weighted by molar-refractivity contribution is 5.86. The Hall–Kier alpha value is -8.22. The fourth-order valence-corrected chi connectivity index (χ4v) is 14.4. The van der Waals surface area contributed by atoms with Gasteiger partial charge in [-0.2, -0.15) is 0 Å². The minimum Gasteiger partial charge on any atom is -0.494 e. The quantitative estimate of drug-likeness (QED) is 0.0219. The summed E-state index contributed by atoms with van der Waals surface area (Å²) >= 11 is 0. The number of rotatable bonds is 57. The Labute approximate surface area is 649 Å². The lowest BCUT2D eigenvalue weighted by molar-refractivity contribution is 0.134. The van der Waals surface area contributed by atoms with E-state index in [0.717, 1.165) is 277 Å². The topological polar surface area (TPSA) is 137 Å². The number of nitrogens with one attached hydrogen (secondary N) is 4. The molecule has 108 heavy (non-hydrogen) atoms. The van der Waals surface area contributed by atoms with Crippen LogP contribution in [0.15, 0.2) is 140 Å². The van der Waals surface area contributed by atoms with Gasteiger partial charge in [0.2, 0.25) is 0 Å². The van der Waals surface area contributed by atoms with Gasteiger partial charge in [-0.1, -0.05) is 227 Å². The molecule has 0 unspecified atom stereocenters. The van der Waals surface area contributed by atoms with E-state index in [1.54, 1.807) is 0 Å². The molecule has 12 nitrogen and oxygen atoms in total. The van der Waals surface area contributed by atoms with Crippen molar-refractivity contribution in [1.82, 2.24) is 19.9 Å². The average Bonchev–Trinajstić information content (AvgIpc) is 1.61. The van der Waals surface area contributed by atoms with Crippen molar-refractivity contribution in [1.29, 1.82) is 0 Å². The molecule has 4 N–H and O–H groups in total. The second kappa shape index (κ2) is 49.0. The summed E-state index contributed by atoms with van der Waals surface area (Å²) in [4.78, 5) is 16.4. The molecule has 0 spiro atoms. The van der Waals surface area contributed by atoms with Crippen molar-refractivity contribution in [2.45, 2.75) is 266 Å². The minimum atomic E-state index is 0.619. The third-order valence-corrected chi connectivity index (χ3v) is 20.6. The zero-order valence-corrected chi connectivity index (χ0v) is 67.3. The van der Waals surface area contributed by atoms with Gasteiger partial charge in [-0.05, 0) is 177 Å². The second-order valence-electron chi connectivity index (χ2n) is 29.8. The highest BCUT2D eigenvalue weighted by atomic mass is 16.5. The van der Waals surface area contributed by atoms with E-state index in [-0.39, 0.29) is 0 Å². The minimum absolute atomic E-state index is 0.619. The van der Waals surface area contributed by atoms with Crippen molar-refractivity contribution in [3.63, 3.8) is 0 Å². The van der Waals surface area contributed by atoms with Crippen molar-refractivity contribution < 1.29 is 37.9 Å². The zero-order chi connectivity index (χ0) is 75.4. The Kier molecular flexibility index (Phi) is 38.1. The van der Waals surface area contributed by atoms with E-state index in [0.29, 0.717) is 46.2 Å². The second-order valence-corrected chi connectivity index (χ2v) is 29.8. The van der Waals surface area contributed by atoms with Crippen LogP contribution in [0, 0.1) is 0 Å². The summed E-state index contributed by atoms with van der Waals surface area (Å²) in [5.74, 6) is 5.58. The first-order valence-corrected chi connectivity index (χ1v) is 42.7. The van der Waals surface area contributed by atoms with Crippen LogP contribution in [-0.2, 0) is 4.74 Å². The Balaban J connectivity index is 1.20. The molecule has 0 saturated heterocycles. The Bertz CT molecular complexity index is 4010. The molecule has 0 aliphatic carbocycles. The fraction of sp³-hybridized carbons (Fsp3) is 0.521. The van der Waals surface area contributed by atoms with Crippen LogP contribution >= 0.6 is 0 Å². The lowest BCUT2D eigenvalue weighted by Gasteiger charge is -2.15. The SMILES string of the molecule is C=CCCOCCCCCCCCCCCCOc1ccc(C2=c3ccc([nH]3)=C(c3cc(OCCCCCC)cc(OCCCCCC)c3)c3ccc([nH]3)C(c3cc(OCCCCCC)cc(OCCCCCC)c3)=c3ccc([nH]3)=C(c3cc(OCCCCCC)cc(OCCCCCC)c3)c3ccc2[nH]3)cc1. The standard InChI is InChI=1S/C96H134N4O8/c1-8-15-22-37-59-103-79-65-75(66-80(71-79)104-60-38-23-16-9-2)94-87-50-48-85(97-87)93(74-44-46-78(47-45-74)102-58-43-35-33-31-29-28-30-32-34-36-57-101-56-21-14-7)86-49-51-88(98-86)95(76-67-81(105-61-39-24-17-10-3)72-82(68-76)106-62-40-25-18-11-4)90-53-55-92(100-90)96(91-54-52-89(94)99-91)77-69-83(107-63-41-26-19-12-5)73-84(70-77)108-64-42-27-20-13-6/h14,44-55,65-73,97-100H,7-13,15-43,56-64H2,1-6H3. The summed E-state index contributed by atoms with van der Waals surface area (Å²) in [6, 6.07) is 46.1. The van der Waals surface area contributed by atoms with Crippen molar-refractivity contribution >= 4 is 22.3 Å². The van der Waals surface area contributed by atoms with E-state index >= 15 is 0 Å². The summed E-state index contributed by atoms with van der Waals surface area (Å²) in [5, 5.41) is 3.73. The lowest BCUT2D eigenvalue weighted by atomic mass is 10.0. The highest BCUT2D eigenvalue weighted by Gasteiger charge is 2.22. The maximum Gasteiger partial charge on any atom is 0.123 e. The smallest absolute Gasteiger partial charge is 0.123 e. The Morgan fingerprint density at radius 2 is 0.472 bits per heavy atom. The largest absolute Gasteiger partial charge is 0.494 e. The van der Waals surface area contributed by atoms with E-state index in [2.05, 4.69) is 195 Å². The number of fused-ring (bicyclic) bond motifs is 8. The van der Waals surface area contributed by atoms with E-state index < -0.39 is 0 Å². The van der Waals surface area contributed by atoms with Crippen LogP contribution in [0.25, 0.3) is 22.3 Å². The van der Waals surface area contributed by atoms with Crippen LogP contribution in [0.4, 0.5) is 0 Å². The monoisotopic (exact) mass is 1470 g/mol. The van der Waals surface area contributed by atoms with Gasteiger partial charge >= 0.3 is 0 Å². The average molecular weight is 1470 g/mol. The molecule has 8 bridgehead atoms. The van der Waals surface area contributed by atoms with E-state index in [1.807, 2.05) is 6.08 Å². The van der Waals surface area contributed by atoms with E-state index in [9.17, 15) is 0 Å². The highest BCUT2D eigenvalue weighted by Crippen LogP contribution is 2.36. The van der Waals surface area contributed by atoms with Gasteiger partial charge in [0.15, 0.2) is 0 Å². The maximum absolute atomic E-state index is 6.76. The molecular weight excluding hydrogens is 1340 g/mol. The molecule has 5 heterocycles. The molecular formula is C96H134N4O8. The summed E-state index contributed by atoms with van der Waals surface area (Å²) in [6.07, 6.45) is 41.8. The van der Waals surface area contributed by atoms with Crippen LogP contribution in [0.5, 0.6) is 40.2 Å². The Morgan fingerprint density at radius 3 is 0.741 bits per heavy atom. The van der Waals surface area contributed by atoms with Gasteiger partial charge in [0.1, 0.15) is 40.2 Å². The third-order valence-electron chi connectivity index (χ3n) is 20.6. The van der Waals surface area contributed by atoms with Crippen molar-refractivity contribution in [2.24, 2.45) is 0 Å². The first kappa shape index (κ1) is 83.8. The van der Waals surface area contributed by atoms with Crippen LogP contribution in [-0.4, -0.2) is 79.4 Å². The van der Waals surface area contributed by atoms with Crippen LogP contribution in [0.2, 0.25) is 0 Å². The van der Waals surface area contributed by atoms with Crippen LogP contribution in [0.1, 0.15) is 311 Å². The van der Waals surface area contributed by atoms with Gasteiger partial charge in [-0.3, -0.25) is 0 Å². The number of aromatic nitrogens is 4. The summed E-state index contributed by atoms with van der Waals surface area (Å²) in [7, 11) is 0. The molecule has 0 amide bonds. The molecule has 0 fully saturated rings. The normalized spacial score (nSPS) is 12.1. The van der Waals surface area contributed by atoms with Crippen molar-refractivity contribution in [2.75, 3.05) is 59.5 Å². The van der Waals surface area contributed by atoms with E-state index in [4.69, 9.17) is 37.9 Å². The predicted octanol–water partition coefficient (Wildman–Crippen LogP) is 22.9. The number of H-pyrrole nitrogens is 4. The molecule has 4 aromatic carbocycles. The summed E-state index contributed by atoms with van der Waals surface area (Å²) in [5.41, 5.74) is 11.6. The summed E-state index contributed by atoms with van der Waals surface area (Å²) < 4.78 is 52.7. The zero-order valence-electron chi connectivity index (χ0n) is 67.3. The lowest BCUT2D eigenvalue weighted by Crippen LogP contribution is -2.19. The maximum atomic E-state index is 6.76. The Morgan fingerprint density at radius 1 is 0.231 bits per heavy atom. The molecule has 0 atom stereocenters. The molecule has 1 aliphatic heterocycles. The number of hydrogen-bond acceptors (Lipinski definition) is 8. The molecule has 8 aromatic rings. The van der Waals surface area contributed by atoms with Crippen LogP contribution < -0.4 is 54.6 Å². The molecule has 1 aliphatic rings. The van der Waals surface area contributed by atoms with Gasteiger partial charge in [0, 0.05) is 97.9 Å². The third kappa shape index (κ3) is 27.7.